The third-order valence-corrected chi connectivity index (χ3v) is 3.89. The number of hydrogen-bond acceptors (Lipinski definition) is 3. The lowest BCUT2D eigenvalue weighted by atomic mass is 10.1. The van der Waals surface area contributed by atoms with E-state index in [1.807, 2.05) is 17.7 Å². The summed E-state index contributed by atoms with van der Waals surface area (Å²) in [6.07, 6.45) is 2.65. The molecule has 1 aromatic rings. The molecule has 4 nitrogen and oxygen atoms in total. The summed E-state index contributed by atoms with van der Waals surface area (Å²) >= 11 is 0. The van der Waals surface area contributed by atoms with Crippen molar-refractivity contribution in [2.24, 2.45) is 7.05 Å². The Morgan fingerprint density at radius 2 is 2.44 bits per heavy atom. The summed E-state index contributed by atoms with van der Waals surface area (Å²) in [5.74, 6) is 0. The van der Waals surface area contributed by atoms with Crippen LogP contribution in [0.1, 0.15) is 36.7 Å². The normalized spacial score (nSPS) is 20.9. The molecule has 18 heavy (non-hydrogen) atoms. The van der Waals surface area contributed by atoms with Gasteiger partial charge in [0.1, 0.15) is 11.8 Å². The highest BCUT2D eigenvalue weighted by molar-refractivity contribution is 5.34. The van der Waals surface area contributed by atoms with Crippen molar-refractivity contribution in [3.63, 3.8) is 0 Å². The fourth-order valence-electron chi connectivity index (χ4n) is 2.45. The molecule has 98 valence electrons. The van der Waals surface area contributed by atoms with E-state index in [-0.39, 0.29) is 0 Å². The monoisotopic (exact) mass is 247 g/mol. The number of rotatable bonds is 4. The molecule has 2 heterocycles. The molecule has 0 saturated carbocycles. The molecule has 4 heteroatoms. The van der Waals surface area contributed by atoms with Crippen molar-refractivity contribution in [1.82, 2.24) is 9.88 Å². The Morgan fingerprint density at radius 3 is 3.00 bits per heavy atom. The predicted molar refractivity (Wildman–Crippen MR) is 70.1 cm³/mol. The van der Waals surface area contributed by atoms with Crippen LogP contribution in [-0.4, -0.2) is 23.3 Å². The van der Waals surface area contributed by atoms with Crippen LogP contribution in [0.4, 0.5) is 0 Å². The van der Waals surface area contributed by atoms with Gasteiger partial charge in [0, 0.05) is 31.9 Å². The number of hydrogen-bond donors (Lipinski definition) is 1. The highest BCUT2D eigenvalue weighted by Gasteiger charge is 2.22. The second kappa shape index (κ2) is 5.55. The standard InChI is InChI=1S/C14H21N3O/c1-10(14-5-4-6-18-14)16-9-12-7-13(8-15)17(3)11(12)2/h7,10,14,16H,4-6,9H2,1-3H3/t10-,14-/m1/s1. The van der Waals surface area contributed by atoms with Crippen LogP contribution in [0.2, 0.25) is 0 Å². The van der Waals surface area contributed by atoms with E-state index in [0.29, 0.717) is 17.8 Å². The summed E-state index contributed by atoms with van der Waals surface area (Å²) in [7, 11) is 1.93. The molecule has 1 fully saturated rings. The minimum Gasteiger partial charge on any atom is -0.377 e. The third kappa shape index (κ3) is 2.58. The lowest BCUT2D eigenvalue weighted by Gasteiger charge is -2.20. The Balaban J connectivity index is 1.95. The molecular weight excluding hydrogens is 226 g/mol. The summed E-state index contributed by atoms with van der Waals surface area (Å²) in [5.41, 5.74) is 3.06. The summed E-state index contributed by atoms with van der Waals surface area (Å²) in [5, 5.41) is 12.5. The van der Waals surface area contributed by atoms with Gasteiger partial charge in [0.05, 0.1) is 6.10 Å². The second-order valence-electron chi connectivity index (χ2n) is 5.03. The van der Waals surface area contributed by atoms with Gasteiger partial charge in [0.25, 0.3) is 0 Å². The van der Waals surface area contributed by atoms with Crippen molar-refractivity contribution >= 4 is 0 Å². The Morgan fingerprint density at radius 1 is 1.67 bits per heavy atom. The zero-order valence-electron chi connectivity index (χ0n) is 11.4. The predicted octanol–water partition coefficient (Wildman–Crippen LogP) is 1.86. The van der Waals surface area contributed by atoms with Gasteiger partial charge < -0.3 is 14.6 Å². The summed E-state index contributed by atoms with van der Waals surface area (Å²) in [6, 6.07) is 4.53. The van der Waals surface area contributed by atoms with Crippen LogP contribution in [0.5, 0.6) is 0 Å². The zero-order valence-corrected chi connectivity index (χ0v) is 11.4. The summed E-state index contributed by atoms with van der Waals surface area (Å²) in [6.45, 7) is 5.90. The maximum atomic E-state index is 8.99. The fourth-order valence-corrected chi connectivity index (χ4v) is 2.45. The van der Waals surface area contributed by atoms with Gasteiger partial charge in [0.2, 0.25) is 0 Å². The van der Waals surface area contributed by atoms with E-state index in [1.54, 1.807) is 0 Å². The molecule has 0 unspecified atom stereocenters. The number of nitrogens with one attached hydrogen (secondary N) is 1. The molecule has 0 bridgehead atoms. The Hall–Kier alpha value is -1.31. The fraction of sp³-hybridized carbons (Fsp3) is 0.643. The van der Waals surface area contributed by atoms with E-state index in [9.17, 15) is 0 Å². The SMILES string of the molecule is Cc1c(CN[C@H](C)[C@H]2CCCO2)cc(C#N)n1C. The van der Waals surface area contributed by atoms with Crippen molar-refractivity contribution in [3.05, 3.63) is 23.0 Å². The molecule has 0 aromatic carbocycles. The number of nitriles is 1. The van der Waals surface area contributed by atoms with Crippen molar-refractivity contribution in [3.8, 4) is 6.07 Å². The van der Waals surface area contributed by atoms with Crippen molar-refractivity contribution in [2.75, 3.05) is 6.61 Å². The smallest absolute Gasteiger partial charge is 0.120 e. The molecule has 1 N–H and O–H groups in total. The second-order valence-corrected chi connectivity index (χ2v) is 5.03. The van der Waals surface area contributed by atoms with Gasteiger partial charge in [-0.2, -0.15) is 5.26 Å². The van der Waals surface area contributed by atoms with Crippen LogP contribution in [0.25, 0.3) is 0 Å². The first-order valence-corrected chi connectivity index (χ1v) is 6.53. The van der Waals surface area contributed by atoms with Crippen LogP contribution in [-0.2, 0) is 18.3 Å². The lowest BCUT2D eigenvalue weighted by Crippen LogP contribution is -2.36. The van der Waals surface area contributed by atoms with Crippen molar-refractivity contribution < 1.29 is 4.74 Å². The molecule has 0 aliphatic carbocycles. The van der Waals surface area contributed by atoms with E-state index in [2.05, 4.69) is 25.2 Å². The van der Waals surface area contributed by atoms with Gasteiger partial charge in [-0.1, -0.05) is 0 Å². The third-order valence-electron chi connectivity index (χ3n) is 3.89. The first kappa shape index (κ1) is 13.1. The van der Waals surface area contributed by atoms with Crippen molar-refractivity contribution in [1.29, 1.82) is 5.26 Å². The molecule has 0 amide bonds. The highest BCUT2D eigenvalue weighted by atomic mass is 16.5. The molecule has 0 spiro atoms. The van der Waals surface area contributed by atoms with Crippen LogP contribution >= 0.6 is 0 Å². The van der Waals surface area contributed by atoms with E-state index in [4.69, 9.17) is 10.00 Å². The summed E-state index contributed by atoms with van der Waals surface area (Å²) in [4.78, 5) is 0. The average Bonchev–Trinajstić information content (AvgIpc) is 2.98. The topological polar surface area (TPSA) is 50.0 Å². The first-order valence-electron chi connectivity index (χ1n) is 6.53. The van der Waals surface area contributed by atoms with E-state index < -0.39 is 0 Å². The number of aromatic nitrogens is 1. The minimum atomic E-state index is 0.337. The molecule has 2 atom stereocenters. The van der Waals surface area contributed by atoms with Crippen LogP contribution in [0.3, 0.4) is 0 Å². The number of nitrogens with zero attached hydrogens (tertiary/aromatic N) is 2. The summed E-state index contributed by atoms with van der Waals surface area (Å²) < 4.78 is 7.60. The van der Waals surface area contributed by atoms with Gasteiger partial charge in [-0.25, -0.2) is 0 Å². The van der Waals surface area contributed by atoms with Gasteiger partial charge in [-0.15, -0.1) is 0 Å². The van der Waals surface area contributed by atoms with E-state index >= 15 is 0 Å². The van der Waals surface area contributed by atoms with E-state index in [0.717, 1.165) is 25.3 Å². The molecule has 1 aliphatic heterocycles. The average molecular weight is 247 g/mol. The van der Waals surface area contributed by atoms with Gasteiger partial charge >= 0.3 is 0 Å². The lowest BCUT2D eigenvalue weighted by molar-refractivity contribution is 0.0832. The highest BCUT2D eigenvalue weighted by Crippen LogP contribution is 2.17. The Bertz CT molecular complexity index is 452. The largest absolute Gasteiger partial charge is 0.377 e. The maximum absolute atomic E-state index is 8.99. The van der Waals surface area contributed by atoms with Crippen LogP contribution < -0.4 is 5.32 Å². The maximum Gasteiger partial charge on any atom is 0.120 e. The Labute approximate surface area is 109 Å². The van der Waals surface area contributed by atoms with Crippen molar-refractivity contribution in [2.45, 2.75) is 45.4 Å². The first-order chi connectivity index (χ1) is 8.63. The molecule has 1 saturated heterocycles. The minimum absolute atomic E-state index is 0.337. The van der Waals surface area contributed by atoms with Crippen LogP contribution in [0, 0.1) is 18.3 Å². The zero-order chi connectivity index (χ0) is 13.1. The Kier molecular flexibility index (Phi) is 4.05. The quantitative estimate of drug-likeness (QED) is 0.883. The van der Waals surface area contributed by atoms with E-state index in [1.165, 1.54) is 12.0 Å². The molecule has 1 aromatic heterocycles. The molecular formula is C14H21N3O. The molecule has 1 aliphatic rings. The van der Waals surface area contributed by atoms with Gasteiger partial charge in [-0.05, 0) is 38.3 Å². The molecule has 2 rings (SSSR count). The molecule has 0 radical (unpaired) electrons. The van der Waals surface area contributed by atoms with Gasteiger partial charge in [-0.3, -0.25) is 0 Å². The van der Waals surface area contributed by atoms with Gasteiger partial charge in [0.15, 0.2) is 0 Å². The van der Waals surface area contributed by atoms with Crippen LogP contribution in [0.15, 0.2) is 6.07 Å². The number of ether oxygens (including phenoxy) is 1.